The number of rotatable bonds is 5. The molecule has 2 bridgehead atoms. The summed E-state index contributed by atoms with van der Waals surface area (Å²) in [6.07, 6.45) is 6.65. The summed E-state index contributed by atoms with van der Waals surface area (Å²) in [6.45, 7) is 0.504. The van der Waals surface area contributed by atoms with Gasteiger partial charge in [-0.05, 0) is 53.6 Å². The van der Waals surface area contributed by atoms with Crippen LogP contribution in [-0.4, -0.2) is 23.0 Å². The zero-order valence-electron chi connectivity index (χ0n) is 15.3. The fourth-order valence-electron chi connectivity index (χ4n) is 4.52. The fourth-order valence-corrected chi connectivity index (χ4v) is 4.52. The number of carbonyl (C=O) groups is 2. The molecule has 0 N–H and O–H groups in total. The van der Waals surface area contributed by atoms with Crippen LogP contribution in [0.2, 0.25) is 0 Å². The van der Waals surface area contributed by atoms with Crippen LogP contribution in [-0.2, 0) is 16.2 Å². The van der Waals surface area contributed by atoms with Gasteiger partial charge >= 0.3 is 0 Å². The Bertz CT molecular complexity index is 935. The van der Waals surface area contributed by atoms with E-state index in [2.05, 4.69) is 17.3 Å². The Morgan fingerprint density at radius 3 is 2.21 bits per heavy atom. The molecule has 0 radical (unpaired) electrons. The molecule has 2 aromatic carbocycles. The molecule has 28 heavy (non-hydrogen) atoms. The van der Waals surface area contributed by atoms with E-state index in [-0.39, 0.29) is 35.5 Å². The minimum atomic E-state index is -0.214. The topological polar surface area (TPSA) is 59.0 Å². The molecule has 3 aliphatic rings. The summed E-state index contributed by atoms with van der Waals surface area (Å²) >= 11 is 0. The highest BCUT2D eigenvalue weighted by Gasteiger charge is 2.59. The molecule has 0 unspecified atom stereocenters. The number of hydrogen-bond acceptors (Lipinski definition) is 4. The van der Waals surface area contributed by atoms with Crippen molar-refractivity contribution >= 4 is 18.0 Å². The second-order valence-corrected chi connectivity index (χ2v) is 7.58. The Kier molecular flexibility index (Phi) is 4.08. The molecule has 1 aliphatic heterocycles. The summed E-state index contributed by atoms with van der Waals surface area (Å²) in [5.41, 5.74) is 1.92. The van der Waals surface area contributed by atoms with Crippen molar-refractivity contribution in [2.45, 2.75) is 13.0 Å². The van der Waals surface area contributed by atoms with E-state index in [0.29, 0.717) is 6.61 Å². The normalized spacial score (nSPS) is 27.8. The number of hydrazone groups is 1. The maximum absolute atomic E-state index is 12.6. The van der Waals surface area contributed by atoms with E-state index >= 15 is 0 Å². The first kappa shape index (κ1) is 16.9. The summed E-state index contributed by atoms with van der Waals surface area (Å²) in [6, 6.07) is 17.4. The summed E-state index contributed by atoms with van der Waals surface area (Å²) < 4.78 is 5.77. The maximum Gasteiger partial charge on any atom is 0.254 e. The van der Waals surface area contributed by atoms with Gasteiger partial charge in [0.25, 0.3) is 11.8 Å². The molecule has 0 spiro atoms. The number of nitrogens with zero attached hydrogens (tertiary/aromatic N) is 2. The van der Waals surface area contributed by atoms with E-state index in [1.165, 1.54) is 0 Å². The standard InChI is InChI=1S/C23H20N2O3/c26-22-20-17-8-9-18(12-17)21(20)23(27)25(22)24-13-15-6-10-19(11-7-15)28-14-16-4-2-1-3-5-16/h1-11,13,17-18,20-21H,12,14H2/b24-13-/t17-,18-,20-,21-/m0/s1. The van der Waals surface area contributed by atoms with Gasteiger partial charge in [0.1, 0.15) is 12.4 Å². The Balaban J connectivity index is 1.23. The second kappa shape index (κ2) is 6.75. The fraction of sp³-hybridized carbons (Fsp3) is 0.261. The van der Waals surface area contributed by atoms with Crippen molar-refractivity contribution in [3.05, 3.63) is 77.9 Å². The lowest BCUT2D eigenvalue weighted by Crippen LogP contribution is -2.28. The smallest absolute Gasteiger partial charge is 0.254 e. The van der Waals surface area contributed by atoms with Gasteiger partial charge in [0.15, 0.2) is 0 Å². The highest BCUT2D eigenvalue weighted by molar-refractivity contribution is 6.06. The van der Waals surface area contributed by atoms with E-state index in [1.807, 2.05) is 54.6 Å². The molecule has 5 heteroatoms. The van der Waals surface area contributed by atoms with Gasteiger partial charge in [-0.2, -0.15) is 10.1 Å². The average molecular weight is 372 g/mol. The summed E-state index contributed by atoms with van der Waals surface area (Å²) in [4.78, 5) is 25.2. The molecule has 0 aromatic heterocycles. The average Bonchev–Trinajstić information content (AvgIpc) is 3.41. The highest BCUT2D eigenvalue weighted by atomic mass is 16.5. The SMILES string of the molecule is O=C1[C@@H]2[C@@H](C(=O)N1/N=C\c1ccc(OCc3ccccc3)cc1)[C@H]1C=C[C@H]2C1. The lowest BCUT2D eigenvalue weighted by atomic mass is 9.85. The van der Waals surface area contributed by atoms with Crippen LogP contribution in [0.25, 0.3) is 0 Å². The van der Waals surface area contributed by atoms with Crippen molar-refractivity contribution in [2.75, 3.05) is 0 Å². The third-order valence-electron chi connectivity index (χ3n) is 5.90. The Labute approximate surface area is 163 Å². The molecule has 5 nitrogen and oxygen atoms in total. The van der Waals surface area contributed by atoms with Crippen molar-refractivity contribution in [1.82, 2.24) is 5.01 Å². The van der Waals surface area contributed by atoms with E-state index in [0.717, 1.165) is 28.3 Å². The van der Waals surface area contributed by atoms with Gasteiger partial charge in [0, 0.05) is 0 Å². The predicted octanol–water partition coefficient (Wildman–Crippen LogP) is 3.41. The summed E-state index contributed by atoms with van der Waals surface area (Å²) in [5.74, 6) is 0.408. The van der Waals surface area contributed by atoms with Crippen LogP contribution in [0.4, 0.5) is 0 Å². The minimum Gasteiger partial charge on any atom is -0.489 e. The molecule has 4 atom stereocenters. The molecule has 5 rings (SSSR count). The first-order valence-corrected chi connectivity index (χ1v) is 9.57. The molecular formula is C23H20N2O3. The number of hydrogen-bond donors (Lipinski definition) is 0. The lowest BCUT2D eigenvalue weighted by molar-refractivity contribution is -0.140. The van der Waals surface area contributed by atoms with Gasteiger partial charge in [-0.1, -0.05) is 42.5 Å². The van der Waals surface area contributed by atoms with Crippen molar-refractivity contribution in [3.8, 4) is 5.75 Å². The van der Waals surface area contributed by atoms with Gasteiger partial charge in [-0.3, -0.25) is 9.59 Å². The van der Waals surface area contributed by atoms with Crippen molar-refractivity contribution in [2.24, 2.45) is 28.8 Å². The van der Waals surface area contributed by atoms with Crippen molar-refractivity contribution in [1.29, 1.82) is 0 Å². The van der Waals surface area contributed by atoms with Gasteiger partial charge in [-0.15, -0.1) is 0 Å². The third kappa shape index (κ3) is 2.83. The number of imide groups is 1. The highest BCUT2D eigenvalue weighted by Crippen LogP contribution is 2.52. The van der Waals surface area contributed by atoms with Crippen LogP contribution in [0.15, 0.2) is 71.9 Å². The predicted molar refractivity (Wildman–Crippen MR) is 104 cm³/mol. The number of fused-ring (bicyclic) bond motifs is 5. The number of amides is 2. The van der Waals surface area contributed by atoms with Crippen LogP contribution in [0, 0.1) is 23.7 Å². The lowest BCUT2D eigenvalue weighted by Gasteiger charge is -2.13. The zero-order chi connectivity index (χ0) is 19.1. The van der Waals surface area contributed by atoms with Crippen molar-refractivity contribution in [3.63, 3.8) is 0 Å². The first-order valence-electron chi connectivity index (χ1n) is 9.57. The molecule has 2 fully saturated rings. The number of ether oxygens (including phenoxy) is 1. The van der Waals surface area contributed by atoms with E-state index in [9.17, 15) is 9.59 Å². The summed E-state index contributed by atoms with van der Waals surface area (Å²) in [7, 11) is 0. The molecule has 2 aliphatic carbocycles. The Morgan fingerprint density at radius 1 is 0.929 bits per heavy atom. The molecule has 2 aromatic rings. The number of benzene rings is 2. The van der Waals surface area contributed by atoms with E-state index < -0.39 is 0 Å². The molecule has 1 saturated carbocycles. The van der Waals surface area contributed by atoms with Gasteiger partial charge in [-0.25, -0.2) is 0 Å². The molecule has 1 heterocycles. The van der Waals surface area contributed by atoms with Crippen LogP contribution in [0.5, 0.6) is 5.75 Å². The maximum atomic E-state index is 12.6. The Hall–Kier alpha value is -3.21. The minimum absolute atomic E-state index is 0.161. The molecule has 2 amide bonds. The third-order valence-corrected chi connectivity index (χ3v) is 5.90. The van der Waals surface area contributed by atoms with E-state index in [4.69, 9.17) is 4.74 Å². The van der Waals surface area contributed by atoms with Crippen LogP contribution >= 0.6 is 0 Å². The Morgan fingerprint density at radius 2 is 1.57 bits per heavy atom. The molecule has 140 valence electrons. The summed E-state index contributed by atoms with van der Waals surface area (Å²) in [5, 5.41) is 5.27. The largest absolute Gasteiger partial charge is 0.489 e. The van der Waals surface area contributed by atoms with Crippen LogP contribution in [0.1, 0.15) is 17.5 Å². The van der Waals surface area contributed by atoms with Gasteiger partial charge < -0.3 is 4.74 Å². The van der Waals surface area contributed by atoms with Gasteiger partial charge in [0.2, 0.25) is 0 Å². The molecule has 1 saturated heterocycles. The van der Waals surface area contributed by atoms with Crippen LogP contribution in [0.3, 0.4) is 0 Å². The quantitative estimate of drug-likeness (QED) is 0.459. The zero-order valence-corrected chi connectivity index (χ0v) is 15.3. The monoisotopic (exact) mass is 372 g/mol. The van der Waals surface area contributed by atoms with Crippen LogP contribution < -0.4 is 4.74 Å². The molecular weight excluding hydrogens is 352 g/mol. The van der Waals surface area contributed by atoms with E-state index in [1.54, 1.807) is 6.21 Å². The number of carbonyl (C=O) groups excluding carboxylic acids is 2. The second-order valence-electron chi connectivity index (χ2n) is 7.58. The number of allylic oxidation sites excluding steroid dienone is 2. The first-order chi connectivity index (χ1) is 13.7. The van der Waals surface area contributed by atoms with Crippen molar-refractivity contribution < 1.29 is 14.3 Å². The van der Waals surface area contributed by atoms with Gasteiger partial charge in [0.05, 0.1) is 18.1 Å².